The highest BCUT2D eigenvalue weighted by Crippen LogP contribution is 2.43. The first-order valence-corrected chi connectivity index (χ1v) is 5.30. The Hall–Kier alpha value is -0.780. The van der Waals surface area contributed by atoms with Crippen LogP contribution in [-0.4, -0.2) is 4.92 Å². The second-order valence-corrected chi connectivity index (χ2v) is 4.77. The van der Waals surface area contributed by atoms with Gasteiger partial charge >= 0.3 is 5.69 Å². The molecule has 0 atom stereocenters. The Balaban J connectivity index is 2.93. The van der Waals surface area contributed by atoms with Crippen LogP contribution in [-0.2, 0) is 0 Å². The van der Waals surface area contributed by atoms with E-state index in [-0.39, 0.29) is 10.0 Å². The molecule has 1 aromatic heterocycles. The molecule has 0 radical (unpaired) electrons. The smallest absolute Gasteiger partial charge is 0.258 e. The maximum absolute atomic E-state index is 10.7. The number of hydrogen-bond donors (Lipinski definition) is 1. The van der Waals surface area contributed by atoms with E-state index in [2.05, 4.69) is 12.6 Å². The largest absolute Gasteiger partial charge is 0.307 e. The summed E-state index contributed by atoms with van der Waals surface area (Å²) in [5, 5.41) is 11.3. The van der Waals surface area contributed by atoms with Gasteiger partial charge in [0.05, 0.1) is 10.3 Å². The van der Waals surface area contributed by atoms with E-state index in [4.69, 9.17) is 11.6 Å². The molecule has 72 valence electrons. The molecule has 2 rings (SSSR count). The lowest BCUT2D eigenvalue weighted by molar-refractivity contribution is -0.382. The number of benzene rings is 1. The molecule has 0 N–H and O–H groups in total. The maximum Gasteiger partial charge on any atom is 0.307 e. The van der Waals surface area contributed by atoms with E-state index in [9.17, 15) is 10.1 Å². The molecule has 0 spiro atoms. The molecule has 0 amide bonds. The van der Waals surface area contributed by atoms with E-state index in [0.29, 0.717) is 10.3 Å². The normalized spacial score (nSPS) is 10.7. The molecule has 0 unspecified atom stereocenters. The van der Waals surface area contributed by atoms with Crippen molar-refractivity contribution in [2.75, 3.05) is 0 Å². The summed E-state index contributed by atoms with van der Waals surface area (Å²) in [4.78, 5) is 10.9. The van der Waals surface area contributed by atoms with E-state index in [1.54, 1.807) is 18.2 Å². The Morgan fingerprint density at radius 1 is 1.50 bits per heavy atom. The number of hydrogen-bond acceptors (Lipinski definition) is 4. The quantitative estimate of drug-likeness (QED) is 0.472. The van der Waals surface area contributed by atoms with Gasteiger partial charge in [0.1, 0.15) is 0 Å². The molecule has 14 heavy (non-hydrogen) atoms. The zero-order valence-electron chi connectivity index (χ0n) is 6.73. The first kappa shape index (κ1) is 9.76. The van der Waals surface area contributed by atoms with Crippen molar-refractivity contribution in [3.63, 3.8) is 0 Å². The van der Waals surface area contributed by atoms with Crippen LogP contribution in [0.2, 0.25) is 4.34 Å². The third kappa shape index (κ3) is 1.37. The summed E-state index contributed by atoms with van der Waals surface area (Å²) in [6, 6.07) is 5.29. The third-order valence-corrected chi connectivity index (χ3v) is 3.53. The molecule has 1 heterocycles. The number of rotatable bonds is 1. The second kappa shape index (κ2) is 3.42. The second-order valence-electron chi connectivity index (χ2n) is 2.63. The highest BCUT2D eigenvalue weighted by atomic mass is 35.5. The summed E-state index contributed by atoms with van der Waals surface area (Å²) in [6.07, 6.45) is 0. The zero-order valence-corrected chi connectivity index (χ0v) is 9.20. The molecule has 0 aliphatic heterocycles. The fraction of sp³-hybridized carbons (Fsp3) is 0. The number of halogens is 1. The molecule has 0 bridgehead atoms. The molecule has 0 saturated heterocycles. The molecule has 0 saturated carbocycles. The minimum absolute atomic E-state index is 0.0442. The van der Waals surface area contributed by atoms with Crippen LogP contribution in [0.1, 0.15) is 0 Å². The van der Waals surface area contributed by atoms with Crippen LogP contribution in [0.3, 0.4) is 0 Å². The maximum atomic E-state index is 10.7. The molecule has 2 aromatic rings. The average Bonchev–Trinajstić information content (AvgIpc) is 2.42. The summed E-state index contributed by atoms with van der Waals surface area (Å²) in [5.74, 6) is 0. The van der Waals surface area contributed by atoms with E-state index < -0.39 is 4.92 Å². The van der Waals surface area contributed by atoms with Gasteiger partial charge in [-0.1, -0.05) is 17.7 Å². The summed E-state index contributed by atoms with van der Waals surface area (Å²) < 4.78 is 0.987. The lowest BCUT2D eigenvalue weighted by Gasteiger charge is -1.93. The van der Waals surface area contributed by atoms with Crippen molar-refractivity contribution in [1.29, 1.82) is 0 Å². The monoisotopic (exact) mass is 245 g/mol. The molecule has 0 fully saturated rings. The Labute approximate surface area is 93.9 Å². The van der Waals surface area contributed by atoms with Gasteiger partial charge < -0.3 is 0 Å². The summed E-state index contributed by atoms with van der Waals surface area (Å²) in [5.41, 5.74) is -0.0442. The molecule has 3 nitrogen and oxygen atoms in total. The molecular formula is C8H4ClNO2S2. The Bertz CT molecular complexity index is 523. The number of thiophene rings is 1. The van der Waals surface area contributed by atoms with Crippen LogP contribution < -0.4 is 0 Å². The fourth-order valence-electron chi connectivity index (χ4n) is 1.25. The summed E-state index contributed by atoms with van der Waals surface area (Å²) >= 11 is 11.1. The topological polar surface area (TPSA) is 43.1 Å². The van der Waals surface area contributed by atoms with Gasteiger partial charge in [0.25, 0.3) is 0 Å². The van der Waals surface area contributed by atoms with E-state index in [1.165, 1.54) is 11.3 Å². The van der Waals surface area contributed by atoms with Crippen molar-refractivity contribution >= 4 is 51.3 Å². The number of thiol groups is 1. The standard InChI is InChI=1S/C8H4ClNO2S2/c9-8-7(10(11)12)6-4(13)2-1-3-5(6)14-8/h1-3,13H. The number of nitro groups is 1. The fourth-order valence-corrected chi connectivity index (χ4v) is 2.97. The minimum atomic E-state index is -0.471. The highest BCUT2D eigenvalue weighted by Gasteiger charge is 2.22. The Kier molecular flexibility index (Phi) is 2.38. The van der Waals surface area contributed by atoms with Crippen molar-refractivity contribution in [2.45, 2.75) is 4.90 Å². The van der Waals surface area contributed by atoms with Gasteiger partial charge in [-0.25, -0.2) is 0 Å². The third-order valence-electron chi connectivity index (χ3n) is 1.81. The Morgan fingerprint density at radius 2 is 2.21 bits per heavy atom. The molecule has 1 aromatic carbocycles. The molecule has 0 aliphatic rings. The SMILES string of the molecule is O=[N+]([O-])c1c(Cl)sc2cccc(S)c12. The van der Waals surface area contributed by atoms with Crippen LogP contribution in [0.5, 0.6) is 0 Å². The van der Waals surface area contributed by atoms with Crippen molar-refractivity contribution in [2.24, 2.45) is 0 Å². The van der Waals surface area contributed by atoms with Crippen molar-refractivity contribution in [1.82, 2.24) is 0 Å². The lowest BCUT2D eigenvalue weighted by Crippen LogP contribution is -1.86. The Morgan fingerprint density at radius 3 is 2.86 bits per heavy atom. The number of fused-ring (bicyclic) bond motifs is 1. The van der Waals surface area contributed by atoms with Gasteiger partial charge in [0, 0.05) is 9.60 Å². The van der Waals surface area contributed by atoms with Crippen molar-refractivity contribution < 1.29 is 4.92 Å². The first-order valence-electron chi connectivity index (χ1n) is 3.65. The predicted octanol–water partition coefficient (Wildman–Crippen LogP) is 3.75. The molecule has 6 heteroatoms. The summed E-state index contributed by atoms with van der Waals surface area (Å²) in [7, 11) is 0. The highest BCUT2D eigenvalue weighted by molar-refractivity contribution is 7.80. The zero-order chi connectivity index (χ0) is 10.3. The van der Waals surface area contributed by atoms with Gasteiger partial charge in [-0.2, -0.15) is 0 Å². The van der Waals surface area contributed by atoms with Crippen LogP contribution >= 0.6 is 35.6 Å². The summed E-state index contributed by atoms with van der Waals surface area (Å²) in [6.45, 7) is 0. The van der Waals surface area contributed by atoms with Crippen LogP contribution in [0, 0.1) is 10.1 Å². The van der Waals surface area contributed by atoms with Crippen LogP contribution in [0.15, 0.2) is 23.1 Å². The van der Waals surface area contributed by atoms with Crippen molar-refractivity contribution in [3.05, 3.63) is 32.6 Å². The van der Waals surface area contributed by atoms with Gasteiger partial charge in [-0.05, 0) is 12.1 Å². The van der Waals surface area contributed by atoms with Crippen LogP contribution in [0.25, 0.3) is 10.1 Å². The van der Waals surface area contributed by atoms with E-state index in [0.717, 1.165) is 4.70 Å². The number of nitrogens with zero attached hydrogens (tertiary/aromatic N) is 1. The van der Waals surface area contributed by atoms with Crippen molar-refractivity contribution in [3.8, 4) is 0 Å². The predicted molar refractivity (Wildman–Crippen MR) is 60.7 cm³/mol. The van der Waals surface area contributed by atoms with Gasteiger partial charge in [0.2, 0.25) is 0 Å². The lowest BCUT2D eigenvalue weighted by atomic mass is 10.2. The van der Waals surface area contributed by atoms with Gasteiger partial charge in [-0.15, -0.1) is 24.0 Å². The molecular weight excluding hydrogens is 242 g/mol. The van der Waals surface area contributed by atoms with Gasteiger partial charge in [-0.3, -0.25) is 10.1 Å². The first-order chi connectivity index (χ1) is 6.61. The van der Waals surface area contributed by atoms with E-state index in [1.807, 2.05) is 0 Å². The van der Waals surface area contributed by atoms with Gasteiger partial charge in [0.15, 0.2) is 4.34 Å². The van der Waals surface area contributed by atoms with E-state index >= 15 is 0 Å². The average molecular weight is 246 g/mol. The molecule has 0 aliphatic carbocycles. The minimum Gasteiger partial charge on any atom is -0.258 e. The van der Waals surface area contributed by atoms with Crippen LogP contribution in [0.4, 0.5) is 5.69 Å².